The molecule has 0 radical (unpaired) electrons. The number of benzene rings is 1. The molecule has 5 nitrogen and oxygen atoms in total. The molecule has 2 aliphatic carbocycles. The maximum Gasteiger partial charge on any atom is 0.275 e. The number of nitrogens with one attached hydrogen (secondary N) is 1. The van der Waals surface area contributed by atoms with Gasteiger partial charge in [0.2, 0.25) is 6.79 Å². The Morgan fingerprint density at radius 3 is 2.71 bits per heavy atom. The van der Waals surface area contributed by atoms with Crippen LogP contribution in [0.5, 0.6) is 11.5 Å². The summed E-state index contributed by atoms with van der Waals surface area (Å²) in [4.78, 5) is 15.4. The molecule has 1 aromatic rings. The monoisotopic (exact) mass is 492 g/mol. The smallest absolute Gasteiger partial charge is 0.275 e. The predicted octanol–water partition coefficient (Wildman–Crippen LogP) is 4.61. The van der Waals surface area contributed by atoms with E-state index in [1.54, 1.807) is 0 Å². The van der Waals surface area contributed by atoms with E-state index >= 15 is 0 Å². The maximum absolute atomic E-state index is 13.4. The molecule has 6 heteroatoms. The van der Waals surface area contributed by atoms with E-state index in [0.29, 0.717) is 12.6 Å². The summed E-state index contributed by atoms with van der Waals surface area (Å²) < 4.78 is 12.1. The van der Waals surface area contributed by atoms with Gasteiger partial charge in [0, 0.05) is 20.9 Å². The van der Waals surface area contributed by atoms with Gasteiger partial charge in [-0.2, -0.15) is 0 Å². The molecule has 0 bridgehead atoms. The number of carbonyl (C=O) groups is 1. The van der Waals surface area contributed by atoms with Crippen LogP contribution in [0.1, 0.15) is 56.9 Å². The van der Waals surface area contributed by atoms with E-state index in [9.17, 15) is 4.79 Å². The molecule has 0 spiro atoms. The highest BCUT2D eigenvalue weighted by atomic mass is 127. The van der Waals surface area contributed by atoms with Crippen molar-refractivity contribution in [1.82, 2.24) is 10.2 Å². The number of hydrogen-bond acceptors (Lipinski definition) is 4. The van der Waals surface area contributed by atoms with Gasteiger partial charge in [-0.1, -0.05) is 25.3 Å². The summed E-state index contributed by atoms with van der Waals surface area (Å²) in [5.74, 6) is 1.69. The van der Waals surface area contributed by atoms with Crippen LogP contribution in [0.25, 0.3) is 0 Å². The van der Waals surface area contributed by atoms with E-state index in [4.69, 9.17) is 9.47 Å². The van der Waals surface area contributed by atoms with Gasteiger partial charge in [-0.05, 0) is 72.4 Å². The van der Waals surface area contributed by atoms with Gasteiger partial charge in [0.1, 0.15) is 5.70 Å². The first kappa shape index (κ1) is 18.3. The zero-order chi connectivity index (χ0) is 19.1. The van der Waals surface area contributed by atoms with Gasteiger partial charge < -0.3 is 19.7 Å². The Labute approximate surface area is 179 Å². The van der Waals surface area contributed by atoms with Crippen LogP contribution in [0, 0.1) is 3.57 Å². The summed E-state index contributed by atoms with van der Waals surface area (Å²) >= 11 is 2.32. The molecule has 0 atom stereocenters. The lowest BCUT2D eigenvalue weighted by atomic mass is 9.94. The van der Waals surface area contributed by atoms with Crippen molar-refractivity contribution >= 4 is 28.5 Å². The van der Waals surface area contributed by atoms with Gasteiger partial charge in [0.05, 0.1) is 6.54 Å². The van der Waals surface area contributed by atoms with Crippen molar-refractivity contribution in [3.05, 3.63) is 44.3 Å². The third kappa shape index (κ3) is 3.29. The molecule has 0 saturated heterocycles. The van der Waals surface area contributed by atoms with Gasteiger partial charge >= 0.3 is 0 Å². The number of ether oxygens (including phenoxy) is 2. The molecule has 28 heavy (non-hydrogen) atoms. The molecule has 2 aliphatic heterocycles. The third-order valence-electron chi connectivity index (χ3n) is 6.15. The molecular weight excluding hydrogens is 467 g/mol. The average Bonchev–Trinajstić information content (AvgIpc) is 3.27. The van der Waals surface area contributed by atoms with Crippen molar-refractivity contribution in [2.75, 3.05) is 6.79 Å². The Kier molecular flexibility index (Phi) is 4.99. The first-order valence-electron chi connectivity index (χ1n) is 10.3. The van der Waals surface area contributed by atoms with Gasteiger partial charge in [-0.15, -0.1) is 0 Å². The number of halogens is 1. The van der Waals surface area contributed by atoms with Gasteiger partial charge in [0.15, 0.2) is 11.5 Å². The molecular formula is C22H25IN2O3. The summed E-state index contributed by atoms with van der Waals surface area (Å²) in [6.07, 6.45) is 11.6. The Hall–Kier alpha value is -1.70. The molecule has 0 unspecified atom stereocenters. The molecule has 1 amide bonds. The standard InChI is InChI=1S/C22H25IN2O3/c23-17-11-20-19(27-13-28-20)10-14(17)12-25-18-9-5-4-8-16(18)21(22(25)26)24-15-6-2-1-3-7-15/h9-11,15,24H,1-8,12-13H2. The minimum Gasteiger partial charge on any atom is -0.454 e. The van der Waals surface area contributed by atoms with Crippen LogP contribution in [0.3, 0.4) is 0 Å². The van der Waals surface area contributed by atoms with Crippen molar-refractivity contribution < 1.29 is 14.3 Å². The van der Waals surface area contributed by atoms with E-state index in [2.05, 4.69) is 34.0 Å². The van der Waals surface area contributed by atoms with Crippen LogP contribution in [0.2, 0.25) is 0 Å². The summed E-state index contributed by atoms with van der Waals surface area (Å²) in [5, 5.41) is 3.64. The Morgan fingerprint density at radius 1 is 1.11 bits per heavy atom. The summed E-state index contributed by atoms with van der Waals surface area (Å²) in [5.41, 5.74) is 4.29. The fourth-order valence-electron chi connectivity index (χ4n) is 4.68. The number of amides is 1. The molecule has 4 aliphatic rings. The van der Waals surface area contributed by atoms with Gasteiger partial charge in [-0.3, -0.25) is 4.79 Å². The Balaban J connectivity index is 1.42. The topological polar surface area (TPSA) is 50.8 Å². The van der Waals surface area contributed by atoms with Crippen molar-refractivity contribution in [1.29, 1.82) is 0 Å². The van der Waals surface area contributed by atoms with Crippen LogP contribution >= 0.6 is 22.6 Å². The van der Waals surface area contributed by atoms with Crippen molar-refractivity contribution in [2.24, 2.45) is 0 Å². The van der Waals surface area contributed by atoms with Crippen molar-refractivity contribution in [2.45, 2.75) is 64.0 Å². The average molecular weight is 492 g/mol. The van der Waals surface area contributed by atoms with Crippen molar-refractivity contribution in [3.8, 4) is 11.5 Å². The van der Waals surface area contributed by atoms with Crippen LogP contribution in [0.4, 0.5) is 0 Å². The molecule has 148 valence electrons. The van der Waals surface area contributed by atoms with Crippen LogP contribution in [-0.2, 0) is 11.3 Å². The minimum absolute atomic E-state index is 0.127. The fraction of sp³-hybridized carbons (Fsp3) is 0.500. The molecule has 1 N–H and O–H groups in total. The lowest BCUT2D eigenvalue weighted by molar-refractivity contribution is -0.125. The first-order chi connectivity index (χ1) is 13.7. The second-order valence-corrected chi connectivity index (χ2v) is 9.16. The highest BCUT2D eigenvalue weighted by Crippen LogP contribution is 2.40. The molecule has 1 fully saturated rings. The number of carbonyl (C=O) groups excluding carboxylic acids is 1. The largest absolute Gasteiger partial charge is 0.454 e. The molecule has 2 heterocycles. The summed E-state index contributed by atoms with van der Waals surface area (Å²) in [7, 11) is 0. The lowest BCUT2D eigenvalue weighted by Gasteiger charge is -2.25. The highest BCUT2D eigenvalue weighted by Gasteiger charge is 2.37. The van der Waals surface area contributed by atoms with Crippen LogP contribution < -0.4 is 14.8 Å². The van der Waals surface area contributed by atoms with Crippen LogP contribution in [-0.4, -0.2) is 23.6 Å². The van der Waals surface area contributed by atoms with E-state index in [1.165, 1.54) is 37.7 Å². The van der Waals surface area contributed by atoms with Gasteiger partial charge in [0.25, 0.3) is 5.91 Å². The summed E-state index contributed by atoms with van der Waals surface area (Å²) in [6, 6.07) is 4.46. The fourth-order valence-corrected chi connectivity index (χ4v) is 5.29. The molecule has 1 aromatic carbocycles. The predicted molar refractivity (Wildman–Crippen MR) is 115 cm³/mol. The first-order valence-corrected chi connectivity index (χ1v) is 11.4. The van der Waals surface area contributed by atoms with E-state index in [0.717, 1.165) is 51.3 Å². The second-order valence-electron chi connectivity index (χ2n) is 8.00. The number of rotatable bonds is 4. The lowest BCUT2D eigenvalue weighted by Crippen LogP contribution is -2.36. The minimum atomic E-state index is 0.127. The number of hydrogen-bond donors (Lipinski definition) is 1. The van der Waals surface area contributed by atoms with E-state index in [-0.39, 0.29) is 12.7 Å². The zero-order valence-electron chi connectivity index (χ0n) is 15.9. The third-order valence-corrected chi connectivity index (χ3v) is 7.16. The Bertz CT molecular complexity index is 871. The maximum atomic E-state index is 13.4. The highest BCUT2D eigenvalue weighted by molar-refractivity contribution is 14.1. The number of fused-ring (bicyclic) bond motifs is 2. The number of nitrogens with zero attached hydrogens (tertiary/aromatic N) is 1. The normalized spacial score (nSPS) is 21.8. The quantitative estimate of drug-likeness (QED) is 0.625. The second kappa shape index (κ2) is 7.61. The van der Waals surface area contributed by atoms with Crippen LogP contribution in [0.15, 0.2) is 35.2 Å². The SMILES string of the molecule is O=C1C(NC2CCCCC2)=C2CCCC=C2N1Cc1cc2c(cc1I)OCO2. The van der Waals surface area contributed by atoms with E-state index < -0.39 is 0 Å². The molecule has 1 saturated carbocycles. The van der Waals surface area contributed by atoms with Crippen molar-refractivity contribution in [3.63, 3.8) is 0 Å². The number of allylic oxidation sites excluding steroid dienone is 2. The Morgan fingerprint density at radius 2 is 1.89 bits per heavy atom. The molecule has 5 rings (SSSR count). The molecule has 0 aromatic heterocycles. The zero-order valence-corrected chi connectivity index (χ0v) is 18.1. The summed E-state index contributed by atoms with van der Waals surface area (Å²) in [6.45, 7) is 0.836. The van der Waals surface area contributed by atoms with E-state index in [1.807, 2.05) is 17.0 Å². The van der Waals surface area contributed by atoms with Gasteiger partial charge in [-0.25, -0.2) is 0 Å².